The van der Waals surface area contributed by atoms with E-state index in [0.717, 1.165) is 10.9 Å². The smallest absolute Gasteiger partial charge is 0.231 e. The quantitative estimate of drug-likeness (QED) is 0.664. The second kappa shape index (κ2) is 9.09. The molecule has 0 radical (unpaired) electrons. The van der Waals surface area contributed by atoms with Gasteiger partial charge in [0.25, 0.3) is 0 Å². The number of hydrogen-bond donors (Lipinski definition) is 0. The Morgan fingerprint density at radius 3 is 2.52 bits per heavy atom. The highest BCUT2D eigenvalue weighted by Gasteiger charge is 2.33. The molecular formula is C17H26BrN3O3S. The number of anilines is 1. The van der Waals surface area contributed by atoms with Gasteiger partial charge in [0.15, 0.2) is 0 Å². The van der Waals surface area contributed by atoms with E-state index in [1.165, 1.54) is 0 Å². The summed E-state index contributed by atoms with van der Waals surface area (Å²) in [5.74, 6) is 0.714. The van der Waals surface area contributed by atoms with Gasteiger partial charge in [0.2, 0.25) is 15.9 Å². The molecule has 2 heterocycles. The molecule has 1 aromatic rings. The molecule has 140 valence electrons. The summed E-state index contributed by atoms with van der Waals surface area (Å²) in [5.41, 5.74) is 0. The average Bonchev–Trinajstić information content (AvgIpc) is 2.62. The third kappa shape index (κ3) is 5.24. The molecule has 0 atom stereocenters. The van der Waals surface area contributed by atoms with Gasteiger partial charge in [0.05, 0.1) is 5.75 Å². The fourth-order valence-electron chi connectivity index (χ4n) is 3.02. The second-order valence-corrected chi connectivity index (χ2v) is 9.26. The number of aromatic nitrogens is 1. The predicted molar refractivity (Wildman–Crippen MR) is 103 cm³/mol. The Labute approximate surface area is 158 Å². The first-order chi connectivity index (χ1) is 11.9. The number of pyridine rings is 1. The third-order valence-electron chi connectivity index (χ3n) is 4.52. The van der Waals surface area contributed by atoms with Gasteiger partial charge in [-0.15, -0.1) is 0 Å². The van der Waals surface area contributed by atoms with Crippen LogP contribution in [0.4, 0.5) is 5.82 Å². The molecule has 6 nitrogen and oxygen atoms in total. The molecule has 1 aromatic heterocycles. The van der Waals surface area contributed by atoms with Gasteiger partial charge in [-0.1, -0.05) is 13.3 Å². The zero-order chi connectivity index (χ0) is 18.4. The summed E-state index contributed by atoms with van der Waals surface area (Å²) in [6.07, 6.45) is 4.35. The summed E-state index contributed by atoms with van der Waals surface area (Å²) in [7, 11) is -3.19. The Bertz CT molecular complexity index is 671. The molecule has 0 N–H and O–H groups in total. The van der Waals surface area contributed by atoms with E-state index >= 15 is 0 Å². The van der Waals surface area contributed by atoms with Crippen LogP contribution in [0.25, 0.3) is 0 Å². The van der Waals surface area contributed by atoms with Crippen molar-refractivity contribution in [3.63, 3.8) is 0 Å². The number of carbonyl (C=O) groups excluding carboxylic acids is 1. The summed E-state index contributed by atoms with van der Waals surface area (Å²) in [6, 6.07) is 3.68. The Morgan fingerprint density at radius 1 is 1.32 bits per heavy atom. The van der Waals surface area contributed by atoms with Gasteiger partial charge in [0.1, 0.15) is 5.82 Å². The van der Waals surface area contributed by atoms with Crippen molar-refractivity contribution < 1.29 is 13.2 Å². The Hall–Kier alpha value is -0.990. The number of piperidine rings is 1. The molecular weight excluding hydrogens is 406 g/mol. The first kappa shape index (κ1) is 20.3. The zero-order valence-corrected chi connectivity index (χ0v) is 17.2. The van der Waals surface area contributed by atoms with Crippen LogP contribution < -0.4 is 4.90 Å². The number of rotatable bonds is 7. The van der Waals surface area contributed by atoms with Crippen molar-refractivity contribution in [1.29, 1.82) is 0 Å². The van der Waals surface area contributed by atoms with Crippen molar-refractivity contribution in [2.45, 2.75) is 39.5 Å². The van der Waals surface area contributed by atoms with Crippen molar-refractivity contribution >= 4 is 37.7 Å². The van der Waals surface area contributed by atoms with Crippen LogP contribution in [0.2, 0.25) is 0 Å². The molecule has 0 bridgehead atoms. The zero-order valence-electron chi connectivity index (χ0n) is 14.8. The molecule has 0 saturated carbocycles. The number of sulfonamides is 1. The Balaban J connectivity index is 1.99. The van der Waals surface area contributed by atoms with Gasteiger partial charge in [-0.25, -0.2) is 17.7 Å². The summed E-state index contributed by atoms with van der Waals surface area (Å²) >= 11 is 3.34. The maximum absolute atomic E-state index is 12.8. The van der Waals surface area contributed by atoms with Crippen molar-refractivity contribution in [3.8, 4) is 0 Å². The average molecular weight is 432 g/mol. The maximum Gasteiger partial charge on any atom is 0.231 e. The fourth-order valence-corrected chi connectivity index (χ4v) is 4.93. The van der Waals surface area contributed by atoms with E-state index in [0.29, 0.717) is 44.7 Å². The first-order valence-corrected chi connectivity index (χ1v) is 11.2. The molecule has 2 rings (SSSR count). The van der Waals surface area contributed by atoms with Crippen molar-refractivity contribution in [2.75, 3.05) is 30.3 Å². The Kier molecular flexibility index (Phi) is 7.39. The topological polar surface area (TPSA) is 70.6 Å². The minimum absolute atomic E-state index is 0.0305. The number of amides is 1. The number of carbonyl (C=O) groups is 1. The molecule has 1 saturated heterocycles. The minimum Gasteiger partial charge on any atom is -0.297 e. The van der Waals surface area contributed by atoms with E-state index < -0.39 is 10.0 Å². The third-order valence-corrected chi connectivity index (χ3v) is 6.95. The van der Waals surface area contributed by atoms with Gasteiger partial charge < -0.3 is 0 Å². The van der Waals surface area contributed by atoms with Crippen molar-refractivity contribution in [3.05, 3.63) is 22.8 Å². The highest BCUT2D eigenvalue weighted by atomic mass is 79.9. The molecule has 1 aliphatic heterocycles. The van der Waals surface area contributed by atoms with Crippen LogP contribution in [-0.2, 0) is 14.8 Å². The number of halogens is 1. The SMILES string of the molecule is CCCCS(=O)(=O)N1CCC(C(=O)N(CC)c2ccc(Br)cn2)CC1. The van der Waals surface area contributed by atoms with Crippen LogP contribution in [0, 0.1) is 5.92 Å². The van der Waals surface area contributed by atoms with Crippen LogP contribution >= 0.6 is 15.9 Å². The van der Waals surface area contributed by atoms with E-state index in [4.69, 9.17) is 0 Å². The van der Waals surface area contributed by atoms with Gasteiger partial charge >= 0.3 is 0 Å². The van der Waals surface area contributed by atoms with E-state index in [9.17, 15) is 13.2 Å². The summed E-state index contributed by atoms with van der Waals surface area (Å²) < 4.78 is 27.0. The highest BCUT2D eigenvalue weighted by Crippen LogP contribution is 2.25. The van der Waals surface area contributed by atoms with Crippen LogP contribution in [0.1, 0.15) is 39.5 Å². The summed E-state index contributed by atoms with van der Waals surface area (Å²) in [4.78, 5) is 18.8. The molecule has 0 unspecified atom stereocenters. The van der Waals surface area contributed by atoms with Crippen LogP contribution in [0.3, 0.4) is 0 Å². The van der Waals surface area contributed by atoms with E-state index in [1.54, 1.807) is 15.4 Å². The molecule has 0 aromatic carbocycles. The summed E-state index contributed by atoms with van der Waals surface area (Å²) in [5, 5.41) is 0. The lowest BCUT2D eigenvalue weighted by molar-refractivity contribution is -0.123. The van der Waals surface area contributed by atoms with Crippen molar-refractivity contribution in [2.24, 2.45) is 5.92 Å². The van der Waals surface area contributed by atoms with Gasteiger partial charge in [-0.2, -0.15) is 0 Å². The first-order valence-electron chi connectivity index (χ1n) is 8.79. The Morgan fingerprint density at radius 2 is 2.00 bits per heavy atom. The highest BCUT2D eigenvalue weighted by molar-refractivity contribution is 9.10. The van der Waals surface area contributed by atoms with Gasteiger partial charge in [-0.3, -0.25) is 9.69 Å². The lowest BCUT2D eigenvalue weighted by atomic mass is 9.96. The predicted octanol–water partition coefficient (Wildman–Crippen LogP) is 3.04. The molecule has 1 aliphatic rings. The number of unbranched alkanes of at least 4 members (excludes halogenated alkanes) is 1. The van der Waals surface area contributed by atoms with E-state index in [-0.39, 0.29) is 17.6 Å². The lowest BCUT2D eigenvalue weighted by Gasteiger charge is -2.33. The number of hydrogen-bond acceptors (Lipinski definition) is 4. The monoisotopic (exact) mass is 431 g/mol. The fraction of sp³-hybridized carbons (Fsp3) is 0.647. The standard InChI is InChI=1S/C17H26BrN3O3S/c1-3-5-12-25(23,24)20-10-8-14(9-11-20)17(22)21(4-2)16-7-6-15(18)13-19-16/h6-7,13-14H,3-5,8-12H2,1-2H3. The van der Waals surface area contributed by atoms with E-state index in [1.807, 2.05) is 26.0 Å². The molecule has 8 heteroatoms. The largest absolute Gasteiger partial charge is 0.297 e. The second-order valence-electron chi connectivity index (χ2n) is 6.26. The van der Waals surface area contributed by atoms with Crippen LogP contribution in [0.15, 0.2) is 22.8 Å². The molecule has 1 amide bonds. The van der Waals surface area contributed by atoms with Gasteiger partial charge in [-0.05, 0) is 54.2 Å². The van der Waals surface area contributed by atoms with E-state index in [2.05, 4.69) is 20.9 Å². The minimum atomic E-state index is -3.19. The van der Waals surface area contributed by atoms with Crippen LogP contribution in [0.5, 0.6) is 0 Å². The lowest BCUT2D eigenvalue weighted by Crippen LogP contribution is -2.45. The van der Waals surface area contributed by atoms with Crippen LogP contribution in [-0.4, -0.2) is 49.0 Å². The van der Waals surface area contributed by atoms with Crippen molar-refractivity contribution in [1.82, 2.24) is 9.29 Å². The maximum atomic E-state index is 12.8. The normalized spacial score (nSPS) is 16.8. The molecule has 25 heavy (non-hydrogen) atoms. The molecule has 0 spiro atoms. The molecule has 1 fully saturated rings. The number of nitrogens with zero attached hydrogens (tertiary/aromatic N) is 3. The molecule has 0 aliphatic carbocycles. The summed E-state index contributed by atoms with van der Waals surface area (Å²) in [6.45, 7) is 5.30. The van der Waals surface area contributed by atoms with Gasteiger partial charge in [0, 0.05) is 36.2 Å².